The van der Waals surface area contributed by atoms with E-state index in [-0.39, 0.29) is 18.0 Å². The summed E-state index contributed by atoms with van der Waals surface area (Å²) in [5, 5.41) is 3.68. The number of rotatable bonds is 6. The number of aromatic nitrogens is 3. The second kappa shape index (κ2) is 8.14. The van der Waals surface area contributed by atoms with Gasteiger partial charge in [-0.05, 0) is 31.0 Å². The van der Waals surface area contributed by atoms with Crippen molar-refractivity contribution in [2.24, 2.45) is 0 Å². The number of amides is 1. The Kier molecular flexibility index (Phi) is 5.37. The number of nitrogens with zero attached hydrogens (tertiary/aromatic N) is 3. The number of hydrogen-bond donors (Lipinski definition) is 1. The van der Waals surface area contributed by atoms with E-state index in [1.54, 1.807) is 35.5 Å². The van der Waals surface area contributed by atoms with Crippen molar-refractivity contribution < 1.29 is 14.3 Å². The maximum absolute atomic E-state index is 12.9. The number of carbonyl (C=O) groups excluding carboxylic acids is 1. The Bertz CT molecular complexity index is 1350. The summed E-state index contributed by atoms with van der Waals surface area (Å²) in [6.07, 6.45) is 0. The van der Waals surface area contributed by atoms with Crippen molar-refractivity contribution in [2.75, 3.05) is 14.2 Å². The molecule has 0 radical (unpaired) electrons. The first-order valence-electron chi connectivity index (χ1n) is 9.89. The van der Waals surface area contributed by atoms with Gasteiger partial charge in [0.25, 0.3) is 5.56 Å². The SMILES string of the molecule is COc1cc2c(cc1OC)n(CC(=O)NCc1ccccc1C)n1c(C)cc(=O)nc21. The van der Waals surface area contributed by atoms with E-state index in [1.165, 1.54) is 6.07 Å². The molecular formula is C23H24N4O4. The smallest absolute Gasteiger partial charge is 0.273 e. The number of hydrogen-bond acceptors (Lipinski definition) is 5. The fourth-order valence-electron chi connectivity index (χ4n) is 3.79. The van der Waals surface area contributed by atoms with E-state index in [4.69, 9.17) is 9.47 Å². The van der Waals surface area contributed by atoms with Gasteiger partial charge in [-0.1, -0.05) is 24.3 Å². The predicted octanol–water partition coefficient (Wildman–Crippen LogP) is 2.60. The summed E-state index contributed by atoms with van der Waals surface area (Å²) in [7, 11) is 3.10. The molecule has 0 aliphatic rings. The Balaban J connectivity index is 1.79. The first-order valence-corrected chi connectivity index (χ1v) is 9.89. The molecule has 0 fully saturated rings. The van der Waals surface area contributed by atoms with Gasteiger partial charge in [0.1, 0.15) is 6.54 Å². The molecule has 4 aromatic rings. The zero-order chi connectivity index (χ0) is 22.1. The summed E-state index contributed by atoms with van der Waals surface area (Å²) < 4.78 is 14.4. The van der Waals surface area contributed by atoms with Crippen LogP contribution in [0.2, 0.25) is 0 Å². The van der Waals surface area contributed by atoms with Crippen LogP contribution >= 0.6 is 0 Å². The summed E-state index contributed by atoms with van der Waals surface area (Å²) in [6.45, 7) is 4.31. The Morgan fingerprint density at radius 3 is 2.48 bits per heavy atom. The van der Waals surface area contributed by atoms with Crippen molar-refractivity contribution >= 4 is 22.5 Å². The number of carbonyl (C=O) groups is 1. The molecule has 0 saturated heterocycles. The molecule has 160 valence electrons. The number of methoxy groups -OCH3 is 2. The fraction of sp³-hybridized carbons (Fsp3) is 0.261. The van der Waals surface area contributed by atoms with Crippen molar-refractivity contribution in [3.63, 3.8) is 0 Å². The van der Waals surface area contributed by atoms with Gasteiger partial charge in [-0.25, -0.2) is 4.52 Å². The minimum absolute atomic E-state index is 0.0484. The Morgan fingerprint density at radius 2 is 1.77 bits per heavy atom. The molecule has 4 rings (SSSR count). The lowest BCUT2D eigenvalue weighted by Gasteiger charge is -2.12. The van der Waals surface area contributed by atoms with E-state index in [1.807, 2.05) is 38.1 Å². The molecule has 1 amide bonds. The average Bonchev–Trinajstić information content (AvgIpc) is 3.04. The predicted molar refractivity (Wildman–Crippen MR) is 118 cm³/mol. The molecule has 0 spiro atoms. The van der Waals surface area contributed by atoms with Crippen LogP contribution in [0, 0.1) is 13.8 Å². The van der Waals surface area contributed by atoms with Gasteiger partial charge in [0, 0.05) is 29.8 Å². The maximum Gasteiger partial charge on any atom is 0.273 e. The summed E-state index contributed by atoms with van der Waals surface area (Å²) in [4.78, 5) is 29.1. The van der Waals surface area contributed by atoms with Crippen LogP contribution in [-0.4, -0.2) is 34.3 Å². The van der Waals surface area contributed by atoms with E-state index in [2.05, 4.69) is 10.3 Å². The number of ether oxygens (including phenoxy) is 2. The topological polar surface area (TPSA) is 86.9 Å². The largest absolute Gasteiger partial charge is 0.493 e. The highest BCUT2D eigenvalue weighted by Gasteiger charge is 2.19. The number of nitrogens with one attached hydrogen (secondary N) is 1. The molecule has 2 heterocycles. The summed E-state index contributed by atoms with van der Waals surface area (Å²) in [5.74, 6) is 0.893. The van der Waals surface area contributed by atoms with E-state index < -0.39 is 0 Å². The monoisotopic (exact) mass is 420 g/mol. The van der Waals surface area contributed by atoms with Gasteiger partial charge in [0.15, 0.2) is 17.1 Å². The summed E-state index contributed by atoms with van der Waals surface area (Å²) >= 11 is 0. The van der Waals surface area contributed by atoms with E-state index in [9.17, 15) is 9.59 Å². The molecule has 0 aliphatic heterocycles. The van der Waals surface area contributed by atoms with Gasteiger partial charge in [-0.15, -0.1) is 0 Å². The second-order valence-corrected chi connectivity index (χ2v) is 7.36. The van der Waals surface area contributed by atoms with Gasteiger partial charge in [0.05, 0.1) is 19.7 Å². The first-order chi connectivity index (χ1) is 14.9. The molecular weight excluding hydrogens is 396 g/mol. The number of aryl methyl sites for hydroxylation is 2. The van der Waals surface area contributed by atoms with Gasteiger partial charge >= 0.3 is 0 Å². The molecule has 8 nitrogen and oxygen atoms in total. The third-order valence-corrected chi connectivity index (χ3v) is 5.38. The molecule has 31 heavy (non-hydrogen) atoms. The highest BCUT2D eigenvalue weighted by Crippen LogP contribution is 2.34. The van der Waals surface area contributed by atoms with Gasteiger partial charge in [0.2, 0.25) is 5.91 Å². The molecule has 0 unspecified atom stereocenters. The zero-order valence-electron chi connectivity index (χ0n) is 17.9. The highest BCUT2D eigenvalue weighted by molar-refractivity contribution is 5.96. The maximum atomic E-state index is 12.9. The van der Waals surface area contributed by atoms with E-state index in [0.29, 0.717) is 40.3 Å². The fourth-order valence-corrected chi connectivity index (χ4v) is 3.79. The van der Waals surface area contributed by atoms with Crippen molar-refractivity contribution in [2.45, 2.75) is 26.9 Å². The molecule has 2 aromatic heterocycles. The minimum Gasteiger partial charge on any atom is -0.493 e. The molecule has 0 saturated carbocycles. The van der Waals surface area contributed by atoms with Crippen LogP contribution < -0.4 is 20.3 Å². The van der Waals surface area contributed by atoms with Crippen molar-refractivity contribution in [3.8, 4) is 11.5 Å². The first kappa shape index (κ1) is 20.5. The number of fused-ring (bicyclic) bond motifs is 3. The van der Waals surface area contributed by atoms with Crippen molar-refractivity contribution in [3.05, 3.63) is 69.6 Å². The van der Waals surface area contributed by atoms with Crippen LogP contribution in [0.5, 0.6) is 11.5 Å². The lowest BCUT2D eigenvalue weighted by Crippen LogP contribution is -2.29. The summed E-state index contributed by atoms with van der Waals surface area (Å²) in [5.41, 5.74) is 3.70. The van der Waals surface area contributed by atoms with Crippen LogP contribution in [0.25, 0.3) is 16.6 Å². The Labute approximate surface area is 179 Å². The number of benzene rings is 2. The standard InChI is InChI=1S/C23H24N4O4/c1-14-7-5-6-8-16(14)12-24-22(29)13-26-18-11-20(31-4)19(30-3)10-17(18)23-25-21(28)9-15(2)27(23)26/h5-11H,12-13H2,1-4H3,(H,24,29). The van der Waals surface area contributed by atoms with Crippen LogP contribution in [-0.2, 0) is 17.9 Å². The molecule has 0 aliphatic carbocycles. The quantitative estimate of drug-likeness (QED) is 0.518. The van der Waals surface area contributed by atoms with E-state index >= 15 is 0 Å². The lowest BCUT2D eigenvalue weighted by atomic mass is 10.1. The Morgan fingerprint density at radius 1 is 1.06 bits per heavy atom. The molecule has 0 atom stereocenters. The van der Waals surface area contributed by atoms with Gasteiger partial charge in [-0.3, -0.25) is 14.3 Å². The second-order valence-electron chi connectivity index (χ2n) is 7.36. The van der Waals surface area contributed by atoms with Gasteiger partial charge < -0.3 is 14.8 Å². The average molecular weight is 420 g/mol. The lowest BCUT2D eigenvalue weighted by molar-refractivity contribution is -0.122. The van der Waals surface area contributed by atoms with Crippen LogP contribution in [0.15, 0.2) is 47.3 Å². The molecule has 2 aromatic carbocycles. The third kappa shape index (κ3) is 3.72. The van der Waals surface area contributed by atoms with Crippen LogP contribution in [0.1, 0.15) is 16.8 Å². The normalized spacial score (nSPS) is 11.1. The van der Waals surface area contributed by atoms with Crippen LogP contribution in [0.4, 0.5) is 0 Å². The van der Waals surface area contributed by atoms with Crippen molar-refractivity contribution in [1.82, 2.24) is 19.5 Å². The minimum atomic E-state index is -0.338. The van der Waals surface area contributed by atoms with Gasteiger partial charge in [-0.2, -0.15) is 4.98 Å². The van der Waals surface area contributed by atoms with Crippen molar-refractivity contribution in [1.29, 1.82) is 0 Å². The van der Waals surface area contributed by atoms with E-state index in [0.717, 1.165) is 11.1 Å². The Hall–Kier alpha value is -3.81. The summed E-state index contributed by atoms with van der Waals surface area (Å²) in [6, 6.07) is 12.9. The third-order valence-electron chi connectivity index (χ3n) is 5.38. The molecule has 0 bridgehead atoms. The zero-order valence-corrected chi connectivity index (χ0v) is 17.9. The highest BCUT2D eigenvalue weighted by atomic mass is 16.5. The van der Waals surface area contributed by atoms with Crippen LogP contribution in [0.3, 0.4) is 0 Å². The molecule has 1 N–H and O–H groups in total. The molecule has 8 heteroatoms.